The smallest absolute Gasteiger partial charge is 0.0366 e. The molecular weight excluding hydrogens is 258 g/mol. The van der Waals surface area contributed by atoms with Crippen molar-refractivity contribution < 1.29 is 0 Å². The van der Waals surface area contributed by atoms with Crippen LogP contribution in [0.4, 0.5) is 5.69 Å². The molecule has 1 aromatic carbocycles. The second kappa shape index (κ2) is 6.72. The monoisotopic (exact) mass is 281 g/mol. The number of rotatable bonds is 4. The van der Waals surface area contributed by atoms with Crippen molar-refractivity contribution in [3.63, 3.8) is 0 Å². The van der Waals surface area contributed by atoms with E-state index in [0.29, 0.717) is 6.04 Å². The molecule has 1 aliphatic rings. The maximum absolute atomic E-state index is 4.21. The summed E-state index contributed by atoms with van der Waals surface area (Å²) in [6.07, 6.45) is 6.34. The van der Waals surface area contributed by atoms with E-state index in [1.54, 1.807) is 0 Å². The molecule has 3 heteroatoms. The molecule has 1 atom stereocenters. The molecule has 1 aromatic heterocycles. The van der Waals surface area contributed by atoms with Crippen LogP contribution in [-0.4, -0.2) is 36.1 Å². The lowest BCUT2D eigenvalue weighted by Gasteiger charge is -2.39. The molecule has 0 amide bonds. The van der Waals surface area contributed by atoms with Gasteiger partial charge >= 0.3 is 0 Å². The Hall–Kier alpha value is -1.87. The van der Waals surface area contributed by atoms with E-state index in [1.165, 1.54) is 30.6 Å². The topological polar surface area (TPSA) is 19.4 Å². The lowest BCUT2D eigenvalue weighted by Crippen LogP contribution is -2.46. The van der Waals surface area contributed by atoms with Gasteiger partial charge in [0.1, 0.15) is 0 Å². The van der Waals surface area contributed by atoms with Crippen LogP contribution in [0.2, 0.25) is 0 Å². The fraction of sp³-hybridized carbons (Fsp3) is 0.389. The highest BCUT2D eigenvalue weighted by molar-refractivity contribution is 5.46. The quantitative estimate of drug-likeness (QED) is 0.858. The molecule has 3 rings (SSSR count). The highest BCUT2D eigenvalue weighted by Crippen LogP contribution is 2.22. The second-order valence-corrected chi connectivity index (χ2v) is 5.85. The molecule has 0 radical (unpaired) electrons. The highest BCUT2D eigenvalue weighted by Gasteiger charge is 2.23. The number of aromatic nitrogens is 1. The van der Waals surface area contributed by atoms with Crippen molar-refractivity contribution in [2.45, 2.75) is 25.4 Å². The van der Waals surface area contributed by atoms with Crippen LogP contribution in [0.15, 0.2) is 54.9 Å². The van der Waals surface area contributed by atoms with Crippen LogP contribution in [0.5, 0.6) is 0 Å². The van der Waals surface area contributed by atoms with Gasteiger partial charge in [0.2, 0.25) is 0 Å². The lowest BCUT2D eigenvalue weighted by molar-refractivity contribution is 0.207. The number of pyridine rings is 1. The van der Waals surface area contributed by atoms with Crippen LogP contribution >= 0.6 is 0 Å². The molecule has 1 aliphatic heterocycles. The summed E-state index contributed by atoms with van der Waals surface area (Å²) >= 11 is 0. The van der Waals surface area contributed by atoms with E-state index in [1.807, 2.05) is 18.5 Å². The molecule has 2 heterocycles. The van der Waals surface area contributed by atoms with Gasteiger partial charge in [-0.05, 0) is 43.7 Å². The molecule has 0 bridgehead atoms. The van der Waals surface area contributed by atoms with Gasteiger partial charge in [-0.2, -0.15) is 0 Å². The van der Waals surface area contributed by atoms with E-state index in [0.717, 1.165) is 13.1 Å². The maximum atomic E-state index is 4.21. The highest BCUT2D eigenvalue weighted by atomic mass is 15.2. The second-order valence-electron chi connectivity index (χ2n) is 5.85. The standard InChI is InChI=1S/C18H23N3/c1-20(14-16-7-5-11-19-13-16)18-10-6-12-21(15-18)17-8-3-2-4-9-17/h2-5,7-9,11,13,18H,6,10,12,14-15H2,1H3/t18-/m0/s1. The number of piperidine rings is 1. The van der Waals surface area contributed by atoms with Crippen molar-refractivity contribution in [2.75, 3.05) is 25.0 Å². The molecule has 0 spiro atoms. The summed E-state index contributed by atoms with van der Waals surface area (Å²) in [4.78, 5) is 9.18. The lowest BCUT2D eigenvalue weighted by atomic mass is 10.0. The predicted molar refractivity (Wildman–Crippen MR) is 87.4 cm³/mol. The summed E-state index contributed by atoms with van der Waals surface area (Å²) in [5.74, 6) is 0. The fourth-order valence-electron chi connectivity index (χ4n) is 3.10. The first-order valence-electron chi connectivity index (χ1n) is 7.72. The summed E-state index contributed by atoms with van der Waals surface area (Å²) in [5.41, 5.74) is 2.63. The Kier molecular flexibility index (Phi) is 4.51. The van der Waals surface area contributed by atoms with E-state index in [9.17, 15) is 0 Å². The van der Waals surface area contributed by atoms with Crippen molar-refractivity contribution in [1.29, 1.82) is 0 Å². The number of anilines is 1. The summed E-state index contributed by atoms with van der Waals surface area (Å²) in [7, 11) is 2.23. The third kappa shape index (κ3) is 3.61. The van der Waals surface area contributed by atoms with E-state index < -0.39 is 0 Å². The summed E-state index contributed by atoms with van der Waals surface area (Å²) < 4.78 is 0. The molecule has 1 saturated heterocycles. The normalized spacial score (nSPS) is 19.0. The Morgan fingerprint density at radius 1 is 1.19 bits per heavy atom. The Labute approximate surface area is 127 Å². The van der Waals surface area contributed by atoms with Crippen LogP contribution in [0, 0.1) is 0 Å². The Morgan fingerprint density at radius 3 is 2.81 bits per heavy atom. The average molecular weight is 281 g/mol. The third-order valence-electron chi connectivity index (χ3n) is 4.30. The zero-order valence-corrected chi connectivity index (χ0v) is 12.7. The number of likely N-dealkylation sites (N-methyl/N-ethyl adjacent to an activating group) is 1. The SMILES string of the molecule is CN(Cc1cccnc1)[C@H]1CCCN(c2ccccc2)C1. The molecular formula is C18H23N3. The first-order chi connectivity index (χ1) is 10.3. The summed E-state index contributed by atoms with van der Waals surface area (Å²) in [5, 5.41) is 0. The van der Waals surface area contributed by atoms with Gasteiger partial charge in [0.25, 0.3) is 0 Å². The van der Waals surface area contributed by atoms with E-state index in [2.05, 4.69) is 58.2 Å². The largest absolute Gasteiger partial charge is 0.370 e. The summed E-state index contributed by atoms with van der Waals surface area (Å²) in [6.45, 7) is 3.25. The minimum atomic E-state index is 0.610. The Bertz CT molecular complexity index is 541. The number of benzene rings is 1. The van der Waals surface area contributed by atoms with Gasteiger partial charge in [0, 0.05) is 43.8 Å². The first-order valence-corrected chi connectivity index (χ1v) is 7.72. The first kappa shape index (κ1) is 14.1. The summed E-state index contributed by atoms with van der Waals surface area (Å²) in [6, 6.07) is 15.5. The van der Waals surface area contributed by atoms with Crippen LogP contribution < -0.4 is 4.90 Å². The molecule has 0 N–H and O–H groups in total. The van der Waals surface area contributed by atoms with Gasteiger partial charge in [-0.15, -0.1) is 0 Å². The molecule has 0 unspecified atom stereocenters. The zero-order valence-electron chi connectivity index (χ0n) is 12.7. The van der Waals surface area contributed by atoms with E-state index in [-0.39, 0.29) is 0 Å². The average Bonchev–Trinajstić information content (AvgIpc) is 2.57. The van der Waals surface area contributed by atoms with Crippen LogP contribution in [0.1, 0.15) is 18.4 Å². The minimum Gasteiger partial charge on any atom is -0.370 e. The number of para-hydroxylation sites is 1. The van der Waals surface area contributed by atoms with Gasteiger partial charge in [-0.3, -0.25) is 9.88 Å². The van der Waals surface area contributed by atoms with Crippen molar-refractivity contribution in [1.82, 2.24) is 9.88 Å². The van der Waals surface area contributed by atoms with Crippen molar-refractivity contribution >= 4 is 5.69 Å². The zero-order chi connectivity index (χ0) is 14.5. The minimum absolute atomic E-state index is 0.610. The molecule has 110 valence electrons. The number of hydrogen-bond donors (Lipinski definition) is 0. The fourth-order valence-corrected chi connectivity index (χ4v) is 3.10. The molecule has 21 heavy (non-hydrogen) atoms. The molecule has 0 aliphatic carbocycles. The Morgan fingerprint density at radius 2 is 2.05 bits per heavy atom. The number of nitrogens with zero attached hydrogens (tertiary/aromatic N) is 3. The molecule has 0 saturated carbocycles. The van der Waals surface area contributed by atoms with E-state index >= 15 is 0 Å². The molecule has 1 fully saturated rings. The van der Waals surface area contributed by atoms with Gasteiger partial charge in [0.15, 0.2) is 0 Å². The van der Waals surface area contributed by atoms with Gasteiger partial charge in [0.05, 0.1) is 0 Å². The Balaban J connectivity index is 1.63. The van der Waals surface area contributed by atoms with Crippen LogP contribution in [-0.2, 0) is 6.54 Å². The van der Waals surface area contributed by atoms with Crippen molar-refractivity contribution in [3.8, 4) is 0 Å². The van der Waals surface area contributed by atoms with Crippen molar-refractivity contribution in [3.05, 3.63) is 60.4 Å². The molecule has 3 nitrogen and oxygen atoms in total. The number of hydrogen-bond acceptors (Lipinski definition) is 3. The maximum Gasteiger partial charge on any atom is 0.0366 e. The van der Waals surface area contributed by atoms with Crippen molar-refractivity contribution in [2.24, 2.45) is 0 Å². The predicted octanol–water partition coefficient (Wildman–Crippen LogP) is 3.18. The van der Waals surface area contributed by atoms with E-state index in [4.69, 9.17) is 0 Å². The van der Waals surface area contributed by atoms with Crippen LogP contribution in [0.3, 0.4) is 0 Å². The van der Waals surface area contributed by atoms with Gasteiger partial charge < -0.3 is 4.90 Å². The van der Waals surface area contributed by atoms with Crippen LogP contribution in [0.25, 0.3) is 0 Å². The molecule has 2 aromatic rings. The van der Waals surface area contributed by atoms with Gasteiger partial charge in [-0.25, -0.2) is 0 Å². The van der Waals surface area contributed by atoms with Gasteiger partial charge in [-0.1, -0.05) is 24.3 Å². The third-order valence-corrected chi connectivity index (χ3v) is 4.30.